The van der Waals surface area contributed by atoms with Gasteiger partial charge in [-0.1, -0.05) is 6.92 Å². The Morgan fingerprint density at radius 3 is 2.92 bits per heavy atom. The molecule has 1 amide bonds. The Bertz CT molecular complexity index is 294. The quantitative estimate of drug-likeness (QED) is 0.411. The zero-order valence-electron chi connectivity index (χ0n) is 7.90. The highest BCUT2D eigenvalue weighted by atomic mass is 16.2. The molecule has 72 valence electrons. The van der Waals surface area contributed by atoms with Gasteiger partial charge in [0.15, 0.2) is 0 Å². The van der Waals surface area contributed by atoms with Crippen LogP contribution >= 0.6 is 0 Å². The van der Waals surface area contributed by atoms with Crippen molar-refractivity contribution in [2.24, 2.45) is 12.9 Å². The minimum atomic E-state index is -0.185. The van der Waals surface area contributed by atoms with Crippen molar-refractivity contribution in [3.8, 4) is 0 Å². The van der Waals surface area contributed by atoms with Gasteiger partial charge in [0.2, 0.25) is 0 Å². The van der Waals surface area contributed by atoms with E-state index < -0.39 is 0 Å². The van der Waals surface area contributed by atoms with E-state index in [0.29, 0.717) is 12.1 Å². The molecule has 0 aromatic carbocycles. The van der Waals surface area contributed by atoms with Crippen LogP contribution < -0.4 is 5.84 Å². The Morgan fingerprint density at radius 2 is 2.46 bits per heavy atom. The zero-order chi connectivity index (χ0) is 9.84. The molecule has 0 bridgehead atoms. The lowest BCUT2D eigenvalue weighted by atomic mass is 10.3. The molecule has 2 N–H and O–H groups in total. The summed E-state index contributed by atoms with van der Waals surface area (Å²) >= 11 is 0. The van der Waals surface area contributed by atoms with Gasteiger partial charge in [0.25, 0.3) is 5.91 Å². The van der Waals surface area contributed by atoms with Gasteiger partial charge in [-0.3, -0.25) is 14.5 Å². The Hall–Kier alpha value is -1.36. The van der Waals surface area contributed by atoms with Crippen LogP contribution in [0.3, 0.4) is 0 Å². The third-order valence-corrected chi connectivity index (χ3v) is 1.68. The average molecular weight is 182 g/mol. The van der Waals surface area contributed by atoms with Crippen molar-refractivity contribution < 1.29 is 4.79 Å². The van der Waals surface area contributed by atoms with E-state index in [9.17, 15) is 4.79 Å². The standard InChI is InChI=1S/C8H14N4O/c1-3-4-12(9)8(13)7-5-10-11(2)6-7/h5-6H,3-4,9H2,1-2H3. The topological polar surface area (TPSA) is 64.2 Å². The summed E-state index contributed by atoms with van der Waals surface area (Å²) in [5.41, 5.74) is 0.526. The summed E-state index contributed by atoms with van der Waals surface area (Å²) in [6, 6.07) is 0. The fourth-order valence-electron chi connectivity index (χ4n) is 1.04. The molecule has 0 saturated heterocycles. The number of nitrogens with zero attached hydrogens (tertiary/aromatic N) is 3. The van der Waals surface area contributed by atoms with Crippen LogP contribution in [-0.4, -0.2) is 27.2 Å². The molecule has 0 saturated carbocycles. The molecule has 1 aromatic heterocycles. The van der Waals surface area contributed by atoms with E-state index in [0.717, 1.165) is 6.42 Å². The van der Waals surface area contributed by atoms with Gasteiger partial charge in [-0.2, -0.15) is 5.10 Å². The first-order valence-electron chi connectivity index (χ1n) is 4.20. The van der Waals surface area contributed by atoms with Gasteiger partial charge in [-0.05, 0) is 6.42 Å². The number of carbonyl (C=O) groups is 1. The minimum absolute atomic E-state index is 0.185. The fourth-order valence-corrected chi connectivity index (χ4v) is 1.04. The number of hydrogen-bond donors (Lipinski definition) is 1. The van der Waals surface area contributed by atoms with Crippen LogP contribution in [-0.2, 0) is 7.05 Å². The molecule has 1 aromatic rings. The normalized spacial score (nSPS) is 10.1. The lowest BCUT2D eigenvalue weighted by Gasteiger charge is -2.13. The third kappa shape index (κ3) is 2.29. The van der Waals surface area contributed by atoms with Crippen LogP contribution in [0.15, 0.2) is 12.4 Å². The molecule has 1 rings (SSSR count). The van der Waals surface area contributed by atoms with Crippen LogP contribution in [0.2, 0.25) is 0 Å². The summed E-state index contributed by atoms with van der Waals surface area (Å²) in [5, 5.41) is 5.10. The number of nitrogens with two attached hydrogens (primary N) is 1. The van der Waals surface area contributed by atoms with E-state index in [1.165, 1.54) is 11.2 Å². The van der Waals surface area contributed by atoms with Gasteiger partial charge in [-0.15, -0.1) is 0 Å². The van der Waals surface area contributed by atoms with Gasteiger partial charge in [0, 0.05) is 19.8 Å². The SMILES string of the molecule is CCCN(N)C(=O)c1cnn(C)c1. The molecule has 5 nitrogen and oxygen atoms in total. The van der Waals surface area contributed by atoms with Crippen molar-refractivity contribution in [2.75, 3.05) is 6.54 Å². The number of amides is 1. The van der Waals surface area contributed by atoms with Crippen LogP contribution in [0.4, 0.5) is 0 Å². The summed E-state index contributed by atoms with van der Waals surface area (Å²) in [5.74, 6) is 5.33. The number of aryl methyl sites for hydroxylation is 1. The van der Waals surface area contributed by atoms with Crippen molar-refractivity contribution in [1.82, 2.24) is 14.8 Å². The number of hydrazine groups is 1. The van der Waals surface area contributed by atoms with E-state index in [-0.39, 0.29) is 5.91 Å². The highest BCUT2D eigenvalue weighted by molar-refractivity contribution is 5.93. The van der Waals surface area contributed by atoms with Gasteiger partial charge in [0.05, 0.1) is 11.8 Å². The van der Waals surface area contributed by atoms with Gasteiger partial charge in [0.1, 0.15) is 0 Å². The second-order valence-corrected chi connectivity index (χ2v) is 2.90. The number of carbonyl (C=O) groups excluding carboxylic acids is 1. The molecule has 1 heterocycles. The maximum Gasteiger partial charge on any atom is 0.270 e. The zero-order valence-corrected chi connectivity index (χ0v) is 7.90. The van der Waals surface area contributed by atoms with E-state index in [1.54, 1.807) is 17.9 Å². The summed E-state index contributed by atoms with van der Waals surface area (Å²) in [6.07, 6.45) is 4.01. The largest absolute Gasteiger partial charge is 0.277 e. The highest BCUT2D eigenvalue weighted by Crippen LogP contribution is 2.00. The minimum Gasteiger partial charge on any atom is -0.277 e. The van der Waals surface area contributed by atoms with Crippen LogP contribution in [0.1, 0.15) is 23.7 Å². The first-order valence-corrected chi connectivity index (χ1v) is 4.20. The molecule has 0 radical (unpaired) electrons. The highest BCUT2D eigenvalue weighted by Gasteiger charge is 2.12. The van der Waals surface area contributed by atoms with E-state index in [1.807, 2.05) is 6.92 Å². The lowest BCUT2D eigenvalue weighted by molar-refractivity contribution is 0.0755. The van der Waals surface area contributed by atoms with Crippen molar-refractivity contribution >= 4 is 5.91 Å². The summed E-state index contributed by atoms with van der Waals surface area (Å²) in [7, 11) is 1.76. The van der Waals surface area contributed by atoms with Crippen molar-refractivity contribution in [1.29, 1.82) is 0 Å². The van der Waals surface area contributed by atoms with Gasteiger partial charge in [-0.25, -0.2) is 5.84 Å². The predicted octanol–water partition coefficient (Wildman–Crippen LogP) is 0.146. The first-order chi connectivity index (χ1) is 6.15. The molecule has 0 unspecified atom stereocenters. The Balaban J connectivity index is 2.67. The monoisotopic (exact) mass is 182 g/mol. The maximum absolute atomic E-state index is 11.5. The molecule has 0 aliphatic rings. The molecule has 0 aliphatic heterocycles. The molecular weight excluding hydrogens is 168 g/mol. The summed E-state index contributed by atoms with van der Waals surface area (Å²) in [4.78, 5) is 11.5. The van der Waals surface area contributed by atoms with Crippen molar-refractivity contribution in [3.05, 3.63) is 18.0 Å². The second-order valence-electron chi connectivity index (χ2n) is 2.90. The summed E-state index contributed by atoms with van der Waals surface area (Å²) in [6.45, 7) is 2.53. The van der Waals surface area contributed by atoms with Crippen LogP contribution in [0.5, 0.6) is 0 Å². The molecule has 0 atom stereocenters. The van der Waals surface area contributed by atoms with Gasteiger partial charge >= 0.3 is 0 Å². The Kier molecular flexibility index (Phi) is 3.02. The molecule has 0 fully saturated rings. The fraction of sp³-hybridized carbons (Fsp3) is 0.500. The van der Waals surface area contributed by atoms with E-state index in [2.05, 4.69) is 5.10 Å². The number of hydrogen-bond acceptors (Lipinski definition) is 3. The predicted molar refractivity (Wildman–Crippen MR) is 48.7 cm³/mol. The first kappa shape index (κ1) is 9.73. The van der Waals surface area contributed by atoms with Crippen molar-refractivity contribution in [3.63, 3.8) is 0 Å². The molecule has 5 heteroatoms. The number of rotatable bonds is 3. The maximum atomic E-state index is 11.5. The smallest absolute Gasteiger partial charge is 0.270 e. The molecule has 0 spiro atoms. The molecular formula is C8H14N4O. The van der Waals surface area contributed by atoms with Gasteiger partial charge < -0.3 is 0 Å². The average Bonchev–Trinajstić information content (AvgIpc) is 2.51. The van der Waals surface area contributed by atoms with E-state index >= 15 is 0 Å². The van der Waals surface area contributed by atoms with E-state index in [4.69, 9.17) is 5.84 Å². The third-order valence-electron chi connectivity index (χ3n) is 1.68. The molecule has 0 aliphatic carbocycles. The Labute approximate surface area is 77.1 Å². The molecule has 13 heavy (non-hydrogen) atoms. The van der Waals surface area contributed by atoms with Crippen LogP contribution in [0.25, 0.3) is 0 Å². The Morgan fingerprint density at radius 1 is 1.77 bits per heavy atom. The summed E-state index contributed by atoms with van der Waals surface area (Å²) < 4.78 is 1.58. The van der Waals surface area contributed by atoms with Crippen molar-refractivity contribution in [2.45, 2.75) is 13.3 Å². The number of aromatic nitrogens is 2. The second kappa shape index (κ2) is 4.04. The van der Waals surface area contributed by atoms with Crippen LogP contribution in [0, 0.1) is 0 Å². The lowest BCUT2D eigenvalue weighted by Crippen LogP contribution is -2.37.